The maximum Gasteiger partial charge on any atom is 0.0106 e. The third kappa shape index (κ3) is 3.47. The van der Waals surface area contributed by atoms with Gasteiger partial charge in [-0.1, -0.05) is 19.6 Å². The minimum Gasteiger partial charge on any atom is -0.358 e. The predicted octanol–water partition coefficient (Wildman–Crippen LogP) is 1.99. The smallest absolute Gasteiger partial charge is 0.0106 e. The largest absolute Gasteiger partial charge is 0.358 e. The zero-order chi connectivity index (χ0) is 6.41. The summed E-state index contributed by atoms with van der Waals surface area (Å²) in [5.74, 6) is 0. The summed E-state index contributed by atoms with van der Waals surface area (Å²) in [4.78, 5) is 1.92. The lowest BCUT2D eigenvalue weighted by molar-refractivity contribution is 0.625. The molecule has 8 heavy (non-hydrogen) atoms. The molecule has 0 unspecified atom stereocenters. The lowest BCUT2D eigenvalue weighted by Gasteiger charge is -2.03. The number of nitrogens with zero attached hydrogens (tertiary/aromatic N) is 1. The third-order valence-electron chi connectivity index (χ3n) is 0.864. The van der Waals surface area contributed by atoms with E-state index in [-0.39, 0.29) is 0 Å². The number of hydrogen-bond donors (Lipinski definition) is 0. The predicted molar refractivity (Wildman–Crippen MR) is 37.4 cm³/mol. The molecule has 0 atom stereocenters. The Hall–Kier alpha value is -0.720. The van der Waals surface area contributed by atoms with E-state index in [1.54, 1.807) is 6.20 Å². The van der Waals surface area contributed by atoms with E-state index in [0.29, 0.717) is 0 Å². The van der Waals surface area contributed by atoms with Gasteiger partial charge < -0.3 is 4.90 Å². The van der Waals surface area contributed by atoms with Gasteiger partial charge in [0.25, 0.3) is 0 Å². The minimum absolute atomic E-state index is 1.08. The Morgan fingerprint density at radius 1 is 1.62 bits per heavy atom. The molecule has 0 bridgehead atoms. The molecule has 0 aromatic rings. The molecule has 0 saturated heterocycles. The SMILES string of the molecule is C=CN(C)C=CCC. The molecular weight excluding hydrogens is 98.1 g/mol. The number of allylic oxidation sites excluding steroid dienone is 1. The molecule has 0 radical (unpaired) electrons. The molecule has 46 valence electrons. The highest BCUT2D eigenvalue weighted by Crippen LogP contribution is 1.85. The lowest BCUT2D eigenvalue weighted by Crippen LogP contribution is -1.97. The molecule has 1 heteroatoms. The molecule has 0 amide bonds. The van der Waals surface area contributed by atoms with Gasteiger partial charge in [0.15, 0.2) is 0 Å². The summed E-state index contributed by atoms with van der Waals surface area (Å²) in [6.07, 6.45) is 6.93. The Labute approximate surface area is 51.3 Å². The Balaban J connectivity index is 3.35. The zero-order valence-electron chi connectivity index (χ0n) is 5.59. The van der Waals surface area contributed by atoms with Crippen molar-refractivity contribution >= 4 is 0 Å². The van der Waals surface area contributed by atoms with Gasteiger partial charge in [0, 0.05) is 7.05 Å². The van der Waals surface area contributed by atoms with E-state index in [0.717, 1.165) is 6.42 Å². The summed E-state index contributed by atoms with van der Waals surface area (Å²) in [7, 11) is 1.96. The summed E-state index contributed by atoms with van der Waals surface area (Å²) in [6, 6.07) is 0. The van der Waals surface area contributed by atoms with Gasteiger partial charge in [-0.3, -0.25) is 0 Å². The van der Waals surface area contributed by atoms with Crippen molar-refractivity contribution < 1.29 is 0 Å². The summed E-state index contributed by atoms with van der Waals surface area (Å²) in [5, 5.41) is 0. The fourth-order valence-corrected chi connectivity index (χ4v) is 0.333. The molecule has 0 aromatic heterocycles. The van der Waals surface area contributed by atoms with Gasteiger partial charge in [0.05, 0.1) is 0 Å². The first-order valence-electron chi connectivity index (χ1n) is 2.82. The highest BCUT2D eigenvalue weighted by Gasteiger charge is 1.73. The Bertz CT molecular complexity index is 84.4. The molecule has 0 N–H and O–H groups in total. The van der Waals surface area contributed by atoms with Crippen molar-refractivity contribution in [1.29, 1.82) is 0 Å². The van der Waals surface area contributed by atoms with Crippen LogP contribution in [-0.4, -0.2) is 11.9 Å². The second kappa shape index (κ2) is 4.44. The van der Waals surface area contributed by atoms with Gasteiger partial charge in [-0.2, -0.15) is 0 Å². The molecule has 0 rings (SSSR count). The van der Waals surface area contributed by atoms with Gasteiger partial charge in [-0.05, 0) is 18.8 Å². The molecule has 0 saturated carbocycles. The first kappa shape index (κ1) is 7.28. The van der Waals surface area contributed by atoms with E-state index in [2.05, 4.69) is 19.6 Å². The fraction of sp³-hybridized carbons (Fsp3) is 0.429. The topological polar surface area (TPSA) is 3.24 Å². The Morgan fingerprint density at radius 2 is 2.25 bits per heavy atom. The molecule has 0 aliphatic heterocycles. The van der Waals surface area contributed by atoms with Crippen molar-refractivity contribution in [1.82, 2.24) is 4.90 Å². The van der Waals surface area contributed by atoms with Crippen LogP contribution in [0.3, 0.4) is 0 Å². The van der Waals surface area contributed by atoms with Crippen molar-refractivity contribution in [2.45, 2.75) is 13.3 Å². The van der Waals surface area contributed by atoms with Gasteiger partial charge in [0.2, 0.25) is 0 Å². The fourth-order valence-electron chi connectivity index (χ4n) is 0.333. The summed E-state index contributed by atoms with van der Waals surface area (Å²) >= 11 is 0. The van der Waals surface area contributed by atoms with Crippen molar-refractivity contribution in [3.8, 4) is 0 Å². The van der Waals surface area contributed by atoms with Crippen LogP contribution >= 0.6 is 0 Å². The monoisotopic (exact) mass is 111 g/mol. The van der Waals surface area contributed by atoms with Crippen LogP contribution in [0.5, 0.6) is 0 Å². The van der Waals surface area contributed by atoms with Crippen LogP contribution in [0.2, 0.25) is 0 Å². The van der Waals surface area contributed by atoms with E-state index in [1.807, 2.05) is 18.1 Å². The van der Waals surface area contributed by atoms with Crippen molar-refractivity contribution in [2.75, 3.05) is 7.05 Å². The maximum absolute atomic E-state index is 3.59. The van der Waals surface area contributed by atoms with Gasteiger partial charge >= 0.3 is 0 Å². The van der Waals surface area contributed by atoms with Crippen LogP contribution in [0.25, 0.3) is 0 Å². The summed E-state index contributed by atoms with van der Waals surface area (Å²) < 4.78 is 0. The van der Waals surface area contributed by atoms with Gasteiger partial charge in [0.1, 0.15) is 0 Å². The molecular formula is C7H13N. The van der Waals surface area contributed by atoms with Crippen LogP contribution in [0, 0.1) is 0 Å². The van der Waals surface area contributed by atoms with Crippen molar-refractivity contribution in [3.63, 3.8) is 0 Å². The van der Waals surface area contributed by atoms with E-state index in [1.165, 1.54) is 0 Å². The first-order chi connectivity index (χ1) is 3.81. The molecule has 0 aromatic carbocycles. The second-order valence-corrected chi connectivity index (χ2v) is 1.64. The van der Waals surface area contributed by atoms with Crippen LogP contribution in [0.4, 0.5) is 0 Å². The average molecular weight is 111 g/mol. The van der Waals surface area contributed by atoms with Gasteiger partial charge in [-0.25, -0.2) is 0 Å². The normalized spacial score (nSPS) is 9.75. The molecule has 0 fully saturated rings. The second-order valence-electron chi connectivity index (χ2n) is 1.64. The highest BCUT2D eigenvalue weighted by atomic mass is 15.0. The molecule has 1 nitrogen and oxygen atoms in total. The van der Waals surface area contributed by atoms with Crippen LogP contribution in [0.1, 0.15) is 13.3 Å². The van der Waals surface area contributed by atoms with Crippen LogP contribution in [0.15, 0.2) is 25.1 Å². The quantitative estimate of drug-likeness (QED) is 0.538. The third-order valence-corrected chi connectivity index (χ3v) is 0.864. The number of rotatable bonds is 3. The molecule has 0 heterocycles. The van der Waals surface area contributed by atoms with Gasteiger partial charge in [-0.15, -0.1) is 0 Å². The van der Waals surface area contributed by atoms with E-state index >= 15 is 0 Å². The van der Waals surface area contributed by atoms with E-state index in [9.17, 15) is 0 Å². The first-order valence-corrected chi connectivity index (χ1v) is 2.82. The molecule has 0 spiro atoms. The zero-order valence-corrected chi connectivity index (χ0v) is 5.59. The van der Waals surface area contributed by atoms with Crippen LogP contribution < -0.4 is 0 Å². The number of hydrogen-bond acceptors (Lipinski definition) is 1. The molecule has 0 aliphatic rings. The van der Waals surface area contributed by atoms with E-state index in [4.69, 9.17) is 0 Å². The molecule has 0 aliphatic carbocycles. The Morgan fingerprint density at radius 3 is 2.62 bits per heavy atom. The van der Waals surface area contributed by atoms with E-state index < -0.39 is 0 Å². The van der Waals surface area contributed by atoms with Crippen LogP contribution in [-0.2, 0) is 0 Å². The minimum atomic E-state index is 1.08. The summed E-state index contributed by atoms with van der Waals surface area (Å²) in [5.41, 5.74) is 0. The lowest BCUT2D eigenvalue weighted by atomic mass is 10.5. The Kier molecular flexibility index (Phi) is 4.04. The standard InChI is InChI=1S/C7H13N/c1-4-6-7-8(3)5-2/h5-7H,2,4H2,1,3H3. The van der Waals surface area contributed by atoms with Crippen molar-refractivity contribution in [2.24, 2.45) is 0 Å². The average Bonchev–Trinajstić information content (AvgIpc) is 1.83. The maximum atomic E-state index is 3.59. The summed E-state index contributed by atoms with van der Waals surface area (Å²) in [6.45, 7) is 5.69. The highest BCUT2D eigenvalue weighted by molar-refractivity contribution is 4.84. The van der Waals surface area contributed by atoms with Crippen molar-refractivity contribution in [3.05, 3.63) is 25.1 Å².